The zero-order valence-corrected chi connectivity index (χ0v) is 9.70. The maximum atomic E-state index is 10.9. The number of carboxylic acid groups (broad SMARTS) is 1. The topological polar surface area (TPSA) is 70.4 Å². The molecule has 2 N–H and O–H groups in total. The van der Waals surface area contributed by atoms with E-state index in [1.54, 1.807) is 12.1 Å². The minimum atomic E-state index is -0.997. The van der Waals surface area contributed by atoms with Crippen LogP contribution in [0.4, 0.5) is 0 Å². The Kier molecular flexibility index (Phi) is 4.85. The first-order valence-corrected chi connectivity index (χ1v) is 5.72. The summed E-state index contributed by atoms with van der Waals surface area (Å²) in [5.74, 6) is -1.00. The van der Waals surface area contributed by atoms with E-state index in [9.17, 15) is 9.90 Å². The standard InChI is InChI=1S/C11H13NO3S/c1-2-3-6-9(11(14)15)16-10-8(13)5-4-7-12-10/h4-7,13H,2-3H2,1H3,(H,14,15). The van der Waals surface area contributed by atoms with Crippen molar-refractivity contribution in [1.82, 2.24) is 4.98 Å². The molecule has 1 heterocycles. The average Bonchev–Trinajstić information content (AvgIpc) is 2.26. The highest BCUT2D eigenvalue weighted by Crippen LogP contribution is 2.31. The second kappa shape index (κ2) is 6.17. The summed E-state index contributed by atoms with van der Waals surface area (Å²) in [4.78, 5) is 15.0. The van der Waals surface area contributed by atoms with E-state index in [0.29, 0.717) is 11.4 Å². The van der Waals surface area contributed by atoms with Crippen molar-refractivity contribution in [2.45, 2.75) is 24.8 Å². The fraction of sp³-hybridized carbons (Fsp3) is 0.273. The highest BCUT2D eigenvalue weighted by Gasteiger charge is 2.12. The predicted octanol–water partition coefficient (Wildman–Crippen LogP) is 2.65. The molecule has 1 aromatic rings. The van der Waals surface area contributed by atoms with Crippen LogP contribution < -0.4 is 0 Å². The first kappa shape index (κ1) is 12.6. The number of carbonyl (C=O) groups is 1. The third-order valence-corrected chi connectivity index (χ3v) is 2.86. The van der Waals surface area contributed by atoms with Gasteiger partial charge in [0.25, 0.3) is 0 Å². The second-order valence-electron chi connectivity index (χ2n) is 3.09. The fourth-order valence-corrected chi connectivity index (χ4v) is 1.80. The van der Waals surface area contributed by atoms with Gasteiger partial charge >= 0.3 is 5.97 Å². The Morgan fingerprint density at radius 1 is 1.62 bits per heavy atom. The van der Waals surface area contributed by atoms with E-state index in [4.69, 9.17) is 5.11 Å². The summed E-state index contributed by atoms with van der Waals surface area (Å²) in [6.07, 6.45) is 4.73. The third kappa shape index (κ3) is 3.58. The number of aliphatic carboxylic acids is 1. The highest BCUT2D eigenvalue weighted by molar-refractivity contribution is 8.04. The Hall–Kier alpha value is -1.49. The largest absolute Gasteiger partial charge is 0.505 e. The lowest BCUT2D eigenvalue weighted by Crippen LogP contribution is -1.97. The number of hydrogen-bond donors (Lipinski definition) is 2. The van der Waals surface area contributed by atoms with Crippen LogP contribution in [0.3, 0.4) is 0 Å². The number of rotatable bonds is 5. The Bertz CT molecular complexity index is 404. The Balaban J connectivity index is 2.84. The van der Waals surface area contributed by atoms with Gasteiger partial charge in [-0.25, -0.2) is 9.78 Å². The Labute approximate surface area is 98.0 Å². The van der Waals surface area contributed by atoms with Crippen LogP contribution in [0.5, 0.6) is 5.75 Å². The lowest BCUT2D eigenvalue weighted by Gasteiger charge is -2.03. The van der Waals surface area contributed by atoms with Gasteiger partial charge < -0.3 is 10.2 Å². The van der Waals surface area contributed by atoms with Crippen LogP contribution in [0.1, 0.15) is 19.8 Å². The monoisotopic (exact) mass is 239 g/mol. The summed E-state index contributed by atoms with van der Waals surface area (Å²) in [7, 11) is 0. The van der Waals surface area contributed by atoms with E-state index in [2.05, 4.69) is 4.98 Å². The van der Waals surface area contributed by atoms with Crippen LogP contribution in [-0.2, 0) is 4.79 Å². The SMILES string of the molecule is CCCC=C(Sc1ncccc1O)C(=O)O. The molecule has 86 valence electrons. The van der Waals surface area contributed by atoms with Crippen molar-refractivity contribution in [1.29, 1.82) is 0 Å². The first-order chi connectivity index (χ1) is 7.65. The number of allylic oxidation sites excluding steroid dienone is 1. The van der Waals surface area contributed by atoms with Gasteiger partial charge in [0.15, 0.2) is 0 Å². The van der Waals surface area contributed by atoms with E-state index in [-0.39, 0.29) is 10.7 Å². The van der Waals surface area contributed by atoms with Gasteiger partial charge in [-0.3, -0.25) is 0 Å². The number of pyridine rings is 1. The molecule has 1 aromatic heterocycles. The van der Waals surface area contributed by atoms with Crippen molar-refractivity contribution in [2.75, 3.05) is 0 Å². The minimum Gasteiger partial charge on any atom is -0.505 e. The zero-order chi connectivity index (χ0) is 12.0. The maximum absolute atomic E-state index is 10.9. The average molecular weight is 239 g/mol. The molecule has 0 aromatic carbocycles. The van der Waals surface area contributed by atoms with Crippen LogP contribution in [0.25, 0.3) is 0 Å². The fourth-order valence-electron chi connectivity index (χ4n) is 1.01. The second-order valence-corrected chi connectivity index (χ2v) is 4.12. The molecule has 0 saturated heterocycles. The number of aromatic hydroxyl groups is 1. The molecule has 0 aliphatic carbocycles. The van der Waals surface area contributed by atoms with E-state index in [0.717, 1.165) is 18.2 Å². The zero-order valence-electron chi connectivity index (χ0n) is 8.88. The Morgan fingerprint density at radius 3 is 2.94 bits per heavy atom. The summed E-state index contributed by atoms with van der Waals surface area (Å²) >= 11 is 0.964. The lowest BCUT2D eigenvalue weighted by molar-refractivity contribution is -0.131. The summed E-state index contributed by atoms with van der Waals surface area (Å²) in [6.45, 7) is 1.97. The van der Waals surface area contributed by atoms with Crippen molar-refractivity contribution in [3.8, 4) is 5.75 Å². The lowest BCUT2D eigenvalue weighted by atomic mass is 10.3. The smallest absolute Gasteiger partial charge is 0.342 e. The predicted molar refractivity (Wildman–Crippen MR) is 62.4 cm³/mol. The molecule has 16 heavy (non-hydrogen) atoms. The number of thioether (sulfide) groups is 1. The Morgan fingerprint density at radius 2 is 2.38 bits per heavy atom. The molecule has 0 atom stereocenters. The molecular formula is C11H13NO3S. The van der Waals surface area contributed by atoms with Crippen molar-refractivity contribution in [2.24, 2.45) is 0 Å². The van der Waals surface area contributed by atoms with Crippen LogP contribution in [0.15, 0.2) is 34.3 Å². The third-order valence-electron chi connectivity index (χ3n) is 1.79. The highest BCUT2D eigenvalue weighted by atomic mass is 32.2. The van der Waals surface area contributed by atoms with Gasteiger partial charge in [-0.2, -0.15) is 0 Å². The number of carboxylic acids is 1. The van der Waals surface area contributed by atoms with Crippen molar-refractivity contribution >= 4 is 17.7 Å². The summed E-state index contributed by atoms with van der Waals surface area (Å²) in [6, 6.07) is 3.07. The molecule has 0 fully saturated rings. The van der Waals surface area contributed by atoms with Crippen LogP contribution in [-0.4, -0.2) is 21.2 Å². The van der Waals surface area contributed by atoms with Gasteiger partial charge in [-0.15, -0.1) is 0 Å². The first-order valence-electron chi connectivity index (χ1n) is 4.90. The molecule has 0 aliphatic heterocycles. The van der Waals surface area contributed by atoms with E-state index < -0.39 is 5.97 Å². The van der Waals surface area contributed by atoms with Crippen LogP contribution >= 0.6 is 11.8 Å². The van der Waals surface area contributed by atoms with Gasteiger partial charge in [-0.05, 0) is 18.6 Å². The van der Waals surface area contributed by atoms with E-state index >= 15 is 0 Å². The number of nitrogens with zero attached hydrogens (tertiary/aromatic N) is 1. The number of aromatic nitrogens is 1. The quantitative estimate of drug-likeness (QED) is 0.610. The minimum absolute atomic E-state index is 0.00357. The maximum Gasteiger partial charge on any atom is 0.342 e. The van der Waals surface area contributed by atoms with E-state index in [1.165, 1.54) is 12.3 Å². The van der Waals surface area contributed by atoms with Gasteiger partial charge in [0.05, 0.1) is 4.91 Å². The molecular weight excluding hydrogens is 226 g/mol. The molecule has 0 amide bonds. The van der Waals surface area contributed by atoms with Gasteiger partial charge in [0.2, 0.25) is 0 Å². The van der Waals surface area contributed by atoms with Crippen molar-refractivity contribution < 1.29 is 15.0 Å². The summed E-state index contributed by atoms with van der Waals surface area (Å²) in [5, 5.41) is 18.7. The molecule has 0 spiro atoms. The molecule has 0 radical (unpaired) electrons. The van der Waals surface area contributed by atoms with Gasteiger partial charge in [0.1, 0.15) is 10.8 Å². The molecule has 0 bridgehead atoms. The summed E-state index contributed by atoms with van der Waals surface area (Å²) < 4.78 is 0. The summed E-state index contributed by atoms with van der Waals surface area (Å²) in [5.41, 5.74) is 0. The molecule has 0 aliphatic rings. The number of unbranched alkanes of at least 4 members (excludes halogenated alkanes) is 1. The van der Waals surface area contributed by atoms with Crippen molar-refractivity contribution in [3.05, 3.63) is 29.3 Å². The van der Waals surface area contributed by atoms with Crippen LogP contribution in [0.2, 0.25) is 0 Å². The van der Waals surface area contributed by atoms with E-state index in [1.807, 2.05) is 6.92 Å². The molecule has 1 rings (SSSR count). The van der Waals surface area contributed by atoms with Gasteiger partial charge in [0, 0.05) is 6.20 Å². The molecule has 4 nitrogen and oxygen atoms in total. The molecule has 0 unspecified atom stereocenters. The van der Waals surface area contributed by atoms with Crippen LogP contribution in [0, 0.1) is 0 Å². The molecule has 0 saturated carbocycles. The van der Waals surface area contributed by atoms with Crippen molar-refractivity contribution in [3.63, 3.8) is 0 Å². The normalized spacial score (nSPS) is 11.4. The number of hydrogen-bond acceptors (Lipinski definition) is 4. The molecule has 5 heteroatoms. The van der Waals surface area contributed by atoms with Gasteiger partial charge in [-0.1, -0.05) is 31.2 Å².